The van der Waals surface area contributed by atoms with E-state index in [4.69, 9.17) is 16.3 Å². The number of nitrogens with one attached hydrogen (secondary N) is 1. The molecule has 5 heteroatoms. The Morgan fingerprint density at radius 3 is 3.10 bits per heavy atom. The third kappa shape index (κ3) is 3.64. The molecular formula is C15H21ClN2O2. The van der Waals surface area contributed by atoms with Gasteiger partial charge in [-0.15, -0.1) is 0 Å². The van der Waals surface area contributed by atoms with Crippen molar-refractivity contribution in [2.45, 2.75) is 25.8 Å². The zero-order chi connectivity index (χ0) is 14.5. The molecule has 1 saturated heterocycles. The number of piperidine rings is 1. The molecule has 4 nitrogen and oxygen atoms in total. The van der Waals surface area contributed by atoms with Gasteiger partial charge in [-0.1, -0.05) is 17.7 Å². The molecule has 1 atom stereocenters. The van der Waals surface area contributed by atoms with E-state index in [1.54, 1.807) is 0 Å². The summed E-state index contributed by atoms with van der Waals surface area (Å²) >= 11 is 6.03. The minimum Gasteiger partial charge on any atom is -0.483 e. The highest BCUT2D eigenvalue weighted by molar-refractivity contribution is 6.31. The van der Waals surface area contributed by atoms with E-state index in [1.165, 1.54) is 0 Å². The minimum atomic E-state index is 0.0318. The number of carbonyl (C=O) groups excluding carboxylic acids is 1. The third-order valence-corrected chi connectivity index (χ3v) is 4.16. The van der Waals surface area contributed by atoms with Gasteiger partial charge in [0.15, 0.2) is 6.61 Å². The maximum atomic E-state index is 12.2. The first-order chi connectivity index (χ1) is 9.61. The summed E-state index contributed by atoms with van der Waals surface area (Å²) in [6, 6.07) is 5.86. The smallest absolute Gasteiger partial charge is 0.260 e. The van der Waals surface area contributed by atoms with Gasteiger partial charge in [-0.05, 0) is 38.9 Å². The van der Waals surface area contributed by atoms with Gasteiger partial charge in [-0.2, -0.15) is 0 Å². The maximum Gasteiger partial charge on any atom is 0.260 e. The lowest BCUT2D eigenvalue weighted by atomic mass is 10.1. The first-order valence-corrected chi connectivity index (χ1v) is 7.32. The van der Waals surface area contributed by atoms with Crippen LogP contribution in [0.25, 0.3) is 0 Å². The first kappa shape index (κ1) is 15.1. The van der Waals surface area contributed by atoms with Crippen LogP contribution >= 0.6 is 11.6 Å². The molecule has 1 fully saturated rings. The summed E-state index contributed by atoms with van der Waals surface area (Å²) in [5.41, 5.74) is 0.869. The summed E-state index contributed by atoms with van der Waals surface area (Å²) in [6.07, 6.45) is 2.15. The van der Waals surface area contributed by atoms with E-state index in [0.717, 1.165) is 31.5 Å². The minimum absolute atomic E-state index is 0.0318. The fraction of sp³-hybridized carbons (Fsp3) is 0.533. The van der Waals surface area contributed by atoms with Gasteiger partial charge in [-0.25, -0.2) is 0 Å². The van der Waals surface area contributed by atoms with Crippen LogP contribution in [-0.4, -0.2) is 43.6 Å². The number of halogens is 1. The lowest BCUT2D eigenvalue weighted by molar-refractivity contribution is -0.134. The molecule has 0 spiro atoms. The number of hydrogen-bond acceptors (Lipinski definition) is 3. The maximum absolute atomic E-state index is 12.2. The molecular weight excluding hydrogens is 276 g/mol. The molecule has 0 radical (unpaired) electrons. The third-order valence-electron chi connectivity index (χ3n) is 3.75. The Balaban J connectivity index is 1.90. The van der Waals surface area contributed by atoms with E-state index < -0.39 is 0 Å². The number of rotatable bonds is 4. The van der Waals surface area contributed by atoms with E-state index >= 15 is 0 Å². The van der Waals surface area contributed by atoms with Crippen molar-refractivity contribution in [2.75, 3.05) is 26.7 Å². The van der Waals surface area contributed by atoms with Gasteiger partial charge in [0.25, 0.3) is 5.91 Å². The number of hydrogen-bond donors (Lipinski definition) is 1. The van der Waals surface area contributed by atoms with Crippen molar-refractivity contribution in [1.29, 1.82) is 0 Å². The van der Waals surface area contributed by atoms with Gasteiger partial charge in [0.2, 0.25) is 0 Å². The number of ether oxygens (including phenoxy) is 1. The van der Waals surface area contributed by atoms with Gasteiger partial charge in [-0.3, -0.25) is 4.79 Å². The van der Waals surface area contributed by atoms with Gasteiger partial charge >= 0.3 is 0 Å². The summed E-state index contributed by atoms with van der Waals surface area (Å²) in [5.74, 6) is 0.706. The molecule has 1 N–H and O–H groups in total. The highest BCUT2D eigenvalue weighted by atomic mass is 35.5. The second-order valence-electron chi connectivity index (χ2n) is 5.12. The molecule has 1 aromatic carbocycles. The van der Waals surface area contributed by atoms with Crippen molar-refractivity contribution in [3.8, 4) is 5.75 Å². The van der Waals surface area contributed by atoms with E-state index in [1.807, 2.05) is 37.1 Å². The Morgan fingerprint density at radius 2 is 2.35 bits per heavy atom. The number of likely N-dealkylation sites (tertiary alicyclic amines) is 1. The molecule has 1 aromatic rings. The van der Waals surface area contributed by atoms with Gasteiger partial charge in [0.1, 0.15) is 5.75 Å². The van der Waals surface area contributed by atoms with Gasteiger partial charge in [0.05, 0.1) is 0 Å². The van der Waals surface area contributed by atoms with Crippen molar-refractivity contribution in [2.24, 2.45) is 0 Å². The Bertz CT molecular complexity index is 479. The second-order valence-corrected chi connectivity index (χ2v) is 5.53. The number of amides is 1. The number of benzene rings is 1. The van der Waals surface area contributed by atoms with Crippen LogP contribution in [0.5, 0.6) is 5.75 Å². The molecule has 1 aliphatic rings. The summed E-state index contributed by atoms with van der Waals surface area (Å²) < 4.78 is 5.61. The molecule has 0 bridgehead atoms. The number of likely N-dealkylation sites (N-methyl/N-ethyl adjacent to an activating group) is 1. The monoisotopic (exact) mass is 296 g/mol. The average Bonchev–Trinajstić information content (AvgIpc) is 2.48. The highest BCUT2D eigenvalue weighted by Gasteiger charge is 2.22. The van der Waals surface area contributed by atoms with Crippen LogP contribution in [0.3, 0.4) is 0 Å². The Kier molecular flexibility index (Phi) is 5.26. The SMILES string of the molecule is CNC1CCCN(C(=O)COc2cccc(Cl)c2C)C1. The zero-order valence-electron chi connectivity index (χ0n) is 12.0. The van der Waals surface area contributed by atoms with Crippen LogP contribution in [-0.2, 0) is 4.79 Å². The second kappa shape index (κ2) is 6.95. The summed E-state index contributed by atoms with van der Waals surface area (Å²) in [4.78, 5) is 14.0. The van der Waals surface area contributed by atoms with Crippen LogP contribution in [0, 0.1) is 6.92 Å². The lowest BCUT2D eigenvalue weighted by Gasteiger charge is -2.32. The zero-order valence-corrected chi connectivity index (χ0v) is 12.7. The molecule has 20 heavy (non-hydrogen) atoms. The van der Waals surface area contributed by atoms with Crippen molar-refractivity contribution >= 4 is 17.5 Å². The van der Waals surface area contributed by atoms with Crippen LogP contribution in [0.1, 0.15) is 18.4 Å². The first-order valence-electron chi connectivity index (χ1n) is 6.94. The van der Waals surface area contributed by atoms with E-state index in [2.05, 4.69) is 5.32 Å². The normalized spacial score (nSPS) is 18.9. The van der Waals surface area contributed by atoms with E-state index in [-0.39, 0.29) is 12.5 Å². The lowest BCUT2D eigenvalue weighted by Crippen LogP contribution is -2.48. The Morgan fingerprint density at radius 1 is 1.55 bits per heavy atom. The molecule has 2 rings (SSSR count). The largest absolute Gasteiger partial charge is 0.483 e. The fourth-order valence-electron chi connectivity index (χ4n) is 2.41. The Labute approximate surface area is 125 Å². The Hall–Kier alpha value is -1.26. The summed E-state index contributed by atoms with van der Waals surface area (Å²) in [6.45, 7) is 3.53. The molecule has 1 amide bonds. The average molecular weight is 297 g/mol. The van der Waals surface area contributed by atoms with E-state index in [9.17, 15) is 4.79 Å². The predicted octanol–water partition coefficient (Wildman–Crippen LogP) is 2.24. The van der Waals surface area contributed by atoms with Crippen molar-refractivity contribution < 1.29 is 9.53 Å². The topological polar surface area (TPSA) is 41.6 Å². The van der Waals surface area contributed by atoms with Crippen LogP contribution in [0.2, 0.25) is 5.02 Å². The molecule has 1 unspecified atom stereocenters. The number of carbonyl (C=O) groups is 1. The van der Waals surface area contributed by atoms with Gasteiger partial charge < -0.3 is 15.0 Å². The fourth-order valence-corrected chi connectivity index (χ4v) is 2.58. The molecule has 1 heterocycles. The van der Waals surface area contributed by atoms with Crippen LogP contribution < -0.4 is 10.1 Å². The molecule has 110 valence electrons. The standard InChI is InChI=1S/C15H21ClN2O2/c1-11-13(16)6-3-7-14(11)20-10-15(19)18-8-4-5-12(9-18)17-2/h3,6-7,12,17H,4-5,8-10H2,1-2H3. The molecule has 0 aliphatic carbocycles. The summed E-state index contributed by atoms with van der Waals surface area (Å²) in [5, 5.41) is 3.88. The quantitative estimate of drug-likeness (QED) is 0.926. The van der Waals surface area contributed by atoms with Crippen LogP contribution in [0.15, 0.2) is 18.2 Å². The highest BCUT2D eigenvalue weighted by Crippen LogP contribution is 2.25. The van der Waals surface area contributed by atoms with Crippen molar-refractivity contribution in [1.82, 2.24) is 10.2 Å². The van der Waals surface area contributed by atoms with Crippen molar-refractivity contribution in [3.05, 3.63) is 28.8 Å². The molecule has 0 saturated carbocycles. The van der Waals surface area contributed by atoms with Gasteiger partial charge in [0, 0.05) is 29.7 Å². The van der Waals surface area contributed by atoms with Crippen LogP contribution in [0.4, 0.5) is 0 Å². The predicted molar refractivity (Wildman–Crippen MR) is 80.3 cm³/mol. The molecule has 1 aliphatic heterocycles. The number of nitrogens with zero attached hydrogens (tertiary/aromatic N) is 1. The summed E-state index contributed by atoms with van der Waals surface area (Å²) in [7, 11) is 1.93. The molecule has 0 aromatic heterocycles. The van der Waals surface area contributed by atoms with Crippen molar-refractivity contribution in [3.63, 3.8) is 0 Å². The van der Waals surface area contributed by atoms with E-state index in [0.29, 0.717) is 16.8 Å².